The zero-order valence-corrected chi connectivity index (χ0v) is 11.0. The van der Waals surface area contributed by atoms with E-state index in [0.717, 1.165) is 0 Å². The van der Waals surface area contributed by atoms with Crippen molar-refractivity contribution >= 4 is 23.2 Å². The second-order valence-electron chi connectivity index (χ2n) is 4.12. The molecule has 0 bridgehead atoms. The van der Waals surface area contributed by atoms with Gasteiger partial charge in [-0.1, -0.05) is 0 Å². The molecule has 0 aliphatic heterocycles. The predicted octanol–water partition coefficient (Wildman–Crippen LogP) is 1.43. The molecule has 102 valence electrons. The number of nitrogens with zero attached hydrogens (tertiary/aromatic N) is 3. The summed E-state index contributed by atoms with van der Waals surface area (Å²) in [7, 11) is 0. The van der Waals surface area contributed by atoms with Gasteiger partial charge in [0.25, 0.3) is 11.3 Å². The van der Waals surface area contributed by atoms with Crippen LogP contribution in [0.5, 0.6) is 0 Å². The smallest absolute Gasteiger partial charge is 0.274 e. The average Bonchev–Trinajstić information content (AvgIpc) is 2.84. The van der Waals surface area contributed by atoms with Crippen molar-refractivity contribution in [3.05, 3.63) is 52.5 Å². The van der Waals surface area contributed by atoms with Crippen LogP contribution in [0, 0.1) is 5.82 Å². The normalized spacial score (nSPS) is 11.1. The highest BCUT2D eigenvalue weighted by molar-refractivity contribution is 7.98. The number of halogens is 1. The van der Waals surface area contributed by atoms with Gasteiger partial charge < -0.3 is 5.73 Å². The van der Waals surface area contributed by atoms with E-state index in [4.69, 9.17) is 5.73 Å². The molecule has 0 radical (unpaired) electrons. The van der Waals surface area contributed by atoms with Crippen LogP contribution in [0.4, 0.5) is 10.1 Å². The van der Waals surface area contributed by atoms with Gasteiger partial charge in [0.15, 0.2) is 0 Å². The Kier molecular flexibility index (Phi) is 3.15. The van der Waals surface area contributed by atoms with E-state index in [1.807, 2.05) is 0 Å². The first-order valence-corrected chi connectivity index (χ1v) is 6.71. The lowest BCUT2D eigenvalue weighted by Crippen LogP contribution is -2.15. The second kappa shape index (κ2) is 4.97. The van der Waals surface area contributed by atoms with E-state index in [2.05, 4.69) is 15.1 Å². The van der Waals surface area contributed by atoms with Crippen molar-refractivity contribution in [2.24, 2.45) is 0 Å². The molecule has 3 rings (SSSR count). The van der Waals surface area contributed by atoms with Gasteiger partial charge in [-0.25, -0.2) is 14.4 Å². The lowest BCUT2D eigenvalue weighted by molar-refractivity contribution is 0.625. The third kappa shape index (κ3) is 2.50. The average molecular weight is 291 g/mol. The van der Waals surface area contributed by atoms with Gasteiger partial charge in [0.1, 0.15) is 12.1 Å². The Morgan fingerprint density at radius 2 is 2.20 bits per heavy atom. The number of hydrogen-bond donors (Lipinski definition) is 2. The molecule has 1 aromatic carbocycles. The van der Waals surface area contributed by atoms with Crippen molar-refractivity contribution in [2.75, 3.05) is 5.73 Å². The molecule has 3 N–H and O–H groups in total. The van der Waals surface area contributed by atoms with E-state index in [9.17, 15) is 9.18 Å². The van der Waals surface area contributed by atoms with Gasteiger partial charge in [0.2, 0.25) is 0 Å². The third-order valence-corrected chi connectivity index (χ3v) is 3.61. The number of thioether (sulfide) groups is 1. The van der Waals surface area contributed by atoms with Gasteiger partial charge in [0.05, 0.1) is 5.69 Å². The molecule has 2 aromatic heterocycles. The van der Waals surface area contributed by atoms with Gasteiger partial charge in [-0.3, -0.25) is 9.89 Å². The lowest BCUT2D eigenvalue weighted by atomic mass is 10.3. The monoisotopic (exact) mass is 291 g/mol. The second-order valence-corrected chi connectivity index (χ2v) is 5.17. The highest BCUT2D eigenvalue weighted by Gasteiger charge is 2.06. The maximum absolute atomic E-state index is 13.2. The Hall–Kier alpha value is -2.35. The zero-order chi connectivity index (χ0) is 14.1. The summed E-state index contributed by atoms with van der Waals surface area (Å²) in [6.07, 6.45) is 1.40. The number of hydrogen-bond acceptors (Lipinski definition) is 5. The SMILES string of the molecule is Nc1cc(F)cc(SCc2cc(=O)n3[nH]cnc3n2)c1. The molecule has 2 heterocycles. The third-order valence-electron chi connectivity index (χ3n) is 2.60. The molecule has 0 aliphatic carbocycles. The van der Waals surface area contributed by atoms with E-state index < -0.39 is 0 Å². The Labute approximate surface area is 116 Å². The summed E-state index contributed by atoms with van der Waals surface area (Å²) in [5.74, 6) is 0.358. The van der Waals surface area contributed by atoms with Crippen molar-refractivity contribution in [1.29, 1.82) is 0 Å². The lowest BCUT2D eigenvalue weighted by Gasteiger charge is -2.03. The van der Waals surface area contributed by atoms with E-state index in [-0.39, 0.29) is 11.4 Å². The summed E-state index contributed by atoms with van der Waals surface area (Å²) in [5.41, 5.74) is 6.28. The van der Waals surface area contributed by atoms with Gasteiger partial charge in [-0.05, 0) is 18.2 Å². The Balaban J connectivity index is 1.84. The molecule has 6 nitrogen and oxygen atoms in total. The van der Waals surface area contributed by atoms with Crippen molar-refractivity contribution in [1.82, 2.24) is 19.6 Å². The topological polar surface area (TPSA) is 89.1 Å². The summed E-state index contributed by atoms with van der Waals surface area (Å²) in [4.78, 5) is 20.6. The molecule has 0 saturated heterocycles. The Bertz CT molecular complexity index is 808. The number of rotatable bonds is 3. The van der Waals surface area contributed by atoms with E-state index in [0.29, 0.717) is 27.8 Å². The highest BCUT2D eigenvalue weighted by atomic mass is 32.2. The first-order valence-electron chi connectivity index (χ1n) is 5.73. The van der Waals surface area contributed by atoms with Crippen molar-refractivity contribution < 1.29 is 4.39 Å². The van der Waals surface area contributed by atoms with Crippen LogP contribution in [0.15, 0.2) is 40.3 Å². The Morgan fingerprint density at radius 1 is 1.35 bits per heavy atom. The van der Waals surface area contributed by atoms with Gasteiger partial charge >= 0.3 is 0 Å². The maximum Gasteiger partial charge on any atom is 0.274 e. The number of aromatic amines is 1. The maximum atomic E-state index is 13.2. The molecule has 8 heteroatoms. The summed E-state index contributed by atoms with van der Waals surface area (Å²) in [6, 6.07) is 5.74. The minimum atomic E-state index is -0.386. The molecule has 0 aliphatic rings. The fourth-order valence-corrected chi connectivity index (χ4v) is 2.65. The number of anilines is 1. The minimum Gasteiger partial charge on any atom is -0.399 e. The summed E-state index contributed by atoms with van der Waals surface area (Å²) in [5, 5.41) is 2.66. The summed E-state index contributed by atoms with van der Waals surface area (Å²) >= 11 is 1.35. The molecule has 20 heavy (non-hydrogen) atoms. The molecule has 0 fully saturated rings. The van der Waals surface area contributed by atoms with Crippen LogP contribution in [-0.2, 0) is 5.75 Å². The fourth-order valence-electron chi connectivity index (χ4n) is 1.77. The number of nitrogens with two attached hydrogens (primary N) is 1. The largest absolute Gasteiger partial charge is 0.399 e. The number of fused-ring (bicyclic) bond motifs is 1. The van der Waals surface area contributed by atoms with E-state index >= 15 is 0 Å². The molecule has 0 spiro atoms. The van der Waals surface area contributed by atoms with E-state index in [1.54, 1.807) is 6.07 Å². The first kappa shape index (κ1) is 12.7. The van der Waals surface area contributed by atoms with Crippen molar-refractivity contribution in [3.63, 3.8) is 0 Å². The molecular formula is C12H10FN5OS. The van der Waals surface area contributed by atoms with Crippen LogP contribution in [0.25, 0.3) is 5.78 Å². The minimum absolute atomic E-state index is 0.234. The standard InChI is InChI=1S/C12H10FN5OS/c13-7-1-8(14)3-10(2-7)20-5-9-4-11(19)18-12(17-9)15-6-16-18/h1-4,6H,5,14H2,(H,15,16,17). The van der Waals surface area contributed by atoms with Crippen molar-refractivity contribution in [3.8, 4) is 0 Å². The van der Waals surface area contributed by atoms with Crippen LogP contribution in [0.1, 0.15) is 5.69 Å². The first-order chi connectivity index (χ1) is 9.61. The number of nitrogen functional groups attached to an aromatic ring is 1. The summed E-state index contributed by atoms with van der Waals surface area (Å²) in [6.45, 7) is 0. The number of H-pyrrole nitrogens is 1. The van der Waals surface area contributed by atoms with Gasteiger partial charge in [0, 0.05) is 22.4 Å². The van der Waals surface area contributed by atoms with Gasteiger partial charge in [-0.15, -0.1) is 11.8 Å². The molecule has 0 amide bonds. The van der Waals surface area contributed by atoms with Gasteiger partial charge in [-0.2, -0.15) is 4.52 Å². The van der Waals surface area contributed by atoms with Crippen LogP contribution in [0.3, 0.4) is 0 Å². The molecule has 0 saturated carbocycles. The molecule has 0 atom stereocenters. The predicted molar refractivity (Wildman–Crippen MR) is 74.0 cm³/mol. The van der Waals surface area contributed by atoms with Crippen LogP contribution in [-0.4, -0.2) is 19.6 Å². The van der Waals surface area contributed by atoms with E-state index in [1.165, 1.54) is 40.8 Å². The number of benzene rings is 1. The van der Waals surface area contributed by atoms with Crippen LogP contribution < -0.4 is 11.3 Å². The summed E-state index contributed by atoms with van der Waals surface area (Å²) < 4.78 is 14.5. The molecular weight excluding hydrogens is 281 g/mol. The Morgan fingerprint density at radius 3 is 3.00 bits per heavy atom. The highest BCUT2D eigenvalue weighted by Crippen LogP contribution is 2.24. The number of nitrogens with one attached hydrogen (secondary N) is 1. The molecule has 0 unspecified atom stereocenters. The number of aromatic nitrogens is 4. The van der Waals surface area contributed by atoms with Crippen molar-refractivity contribution in [2.45, 2.75) is 10.6 Å². The molecule has 3 aromatic rings. The fraction of sp³-hybridized carbons (Fsp3) is 0.0833. The zero-order valence-electron chi connectivity index (χ0n) is 10.2. The quantitative estimate of drug-likeness (QED) is 0.563. The van der Waals surface area contributed by atoms with Crippen LogP contribution >= 0.6 is 11.8 Å². The van der Waals surface area contributed by atoms with Crippen LogP contribution in [0.2, 0.25) is 0 Å².